The van der Waals surface area contributed by atoms with Gasteiger partial charge in [-0.25, -0.2) is 9.13 Å². The number of hydrogen-bond acceptors (Lipinski definition) is 0. The van der Waals surface area contributed by atoms with Crippen LogP contribution in [0.5, 0.6) is 0 Å². The molecule has 1 heterocycles. The maximum Gasteiger partial charge on any atom is 0.258 e. The molecule has 2 nitrogen and oxygen atoms in total. The Bertz CT molecular complexity index is 602. The van der Waals surface area contributed by atoms with Gasteiger partial charge in [0.15, 0.2) is 0 Å². The van der Waals surface area contributed by atoms with Crippen molar-refractivity contribution in [2.24, 2.45) is 0 Å². The van der Waals surface area contributed by atoms with Gasteiger partial charge >= 0.3 is 0 Å². The zero-order valence-electron chi connectivity index (χ0n) is 26.9. The van der Waals surface area contributed by atoms with Crippen LogP contribution in [0.4, 0.5) is 0 Å². The van der Waals surface area contributed by atoms with E-state index in [-0.39, 0.29) is 0 Å². The zero-order valence-corrected chi connectivity index (χ0v) is 26.9. The van der Waals surface area contributed by atoms with Gasteiger partial charge in [-0.15, -0.1) is 0 Å². The molecule has 0 radical (unpaired) electrons. The number of aryl methyl sites for hydroxylation is 2. The van der Waals surface area contributed by atoms with E-state index >= 15 is 0 Å². The predicted molar refractivity (Wildman–Crippen MR) is 170 cm³/mol. The third kappa shape index (κ3) is 19.3. The van der Waals surface area contributed by atoms with Gasteiger partial charge in [-0.3, -0.25) is 0 Å². The molecule has 0 aliphatic heterocycles. The molecule has 1 aromatic heterocycles. The largest absolute Gasteiger partial charge is 0.258 e. The van der Waals surface area contributed by atoms with Crippen molar-refractivity contribution in [1.29, 1.82) is 0 Å². The van der Waals surface area contributed by atoms with E-state index in [1.165, 1.54) is 180 Å². The fourth-order valence-electron chi connectivity index (χ4n) is 6.12. The molecule has 0 saturated carbocycles. The second-order valence-corrected chi connectivity index (χ2v) is 12.7. The summed E-state index contributed by atoms with van der Waals surface area (Å²) in [6.45, 7) is 11.8. The minimum atomic E-state index is 0.606. The molecule has 0 N–H and O–H groups in total. The first-order chi connectivity index (χ1) is 18.7. The van der Waals surface area contributed by atoms with Crippen LogP contribution in [-0.4, -0.2) is 4.57 Å². The average molecular weight is 532 g/mol. The van der Waals surface area contributed by atoms with Crippen molar-refractivity contribution < 1.29 is 4.57 Å². The summed E-state index contributed by atoms with van der Waals surface area (Å²) in [6.07, 6.45) is 42.0. The highest BCUT2D eigenvalue weighted by Crippen LogP contribution is 2.16. The Morgan fingerprint density at radius 1 is 0.500 bits per heavy atom. The molecule has 0 bridgehead atoms. The third-order valence-electron chi connectivity index (χ3n) is 8.54. The van der Waals surface area contributed by atoms with Crippen molar-refractivity contribution in [2.75, 3.05) is 0 Å². The molecule has 1 rings (SSSR count). The highest BCUT2D eigenvalue weighted by atomic mass is 15.1. The minimum Gasteiger partial charge on any atom is -0.234 e. The number of rotatable bonds is 29. The summed E-state index contributed by atoms with van der Waals surface area (Å²) in [5.41, 5.74) is 0. The molecule has 38 heavy (non-hydrogen) atoms. The van der Waals surface area contributed by atoms with Crippen molar-refractivity contribution in [2.45, 2.75) is 214 Å². The zero-order chi connectivity index (χ0) is 27.5. The molecule has 0 saturated heterocycles. The van der Waals surface area contributed by atoms with Gasteiger partial charge in [-0.05, 0) is 25.7 Å². The average Bonchev–Trinajstić information content (AvgIpc) is 3.32. The summed E-state index contributed by atoms with van der Waals surface area (Å²) < 4.78 is 5.12. The molecule has 0 aromatic carbocycles. The molecule has 224 valence electrons. The lowest BCUT2D eigenvalue weighted by atomic mass is 10.0. The van der Waals surface area contributed by atoms with Gasteiger partial charge in [0.05, 0.1) is 19.0 Å². The van der Waals surface area contributed by atoms with Gasteiger partial charge < -0.3 is 0 Å². The van der Waals surface area contributed by atoms with Gasteiger partial charge in [0, 0.05) is 0 Å². The van der Waals surface area contributed by atoms with Crippen LogP contribution in [0, 0.1) is 0 Å². The lowest BCUT2D eigenvalue weighted by Crippen LogP contribution is -2.38. The van der Waals surface area contributed by atoms with Crippen LogP contribution in [0.3, 0.4) is 0 Å². The standard InChI is InChI=1S/C36H71N2/c1-5-7-9-11-13-15-17-18-19-20-21-22-24-26-28-30-32-38-34-33-37(36(38)35(3)4)31-29-27-25-23-16-14-12-10-8-6-2/h33-35H,5-32H2,1-4H3/q+1. The number of nitrogens with zero attached hydrogens (tertiary/aromatic N) is 2. The Morgan fingerprint density at radius 3 is 1.21 bits per heavy atom. The van der Waals surface area contributed by atoms with Crippen molar-refractivity contribution in [3.8, 4) is 0 Å². The normalized spacial score (nSPS) is 11.7. The number of aromatic nitrogens is 2. The van der Waals surface area contributed by atoms with E-state index in [0.29, 0.717) is 5.92 Å². The smallest absolute Gasteiger partial charge is 0.234 e. The van der Waals surface area contributed by atoms with Gasteiger partial charge in [-0.2, -0.15) is 0 Å². The maximum atomic E-state index is 2.56. The lowest BCUT2D eigenvalue weighted by molar-refractivity contribution is -0.705. The Labute approximate surface area is 240 Å². The van der Waals surface area contributed by atoms with Crippen molar-refractivity contribution in [1.82, 2.24) is 4.57 Å². The second kappa shape index (κ2) is 26.4. The highest BCUT2D eigenvalue weighted by molar-refractivity contribution is 4.89. The first kappa shape index (κ1) is 35.2. The van der Waals surface area contributed by atoms with Crippen LogP contribution in [0.1, 0.15) is 206 Å². The van der Waals surface area contributed by atoms with Crippen LogP contribution in [0.15, 0.2) is 12.4 Å². The van der Waals surface area contributed by atoms with Gasteiger partial charge in [0.1, 0.15) is 12.4 Å². The van der Waals surface area contributed by atoms with E-state index in [0.717, 1.165) is 0 Å². The molecule has 0 spiro atoms. The van der Waals surface area contributed by atoms with E-state index in [2.05, 4.69) is 49.2 Å². The van der Waals surface area contributed by atoms with E-state index in [9.17, 15) is 0 Å². The molecule has 0 aliphatic rings. The maximum absolute atomic E-state index is 2.56. The number of imidazole rings is 1. The predicted octanol–water partition coefficient (Wildman–Crippen LogP) is 12.1. The summed E-state index contributed by atoms with van der Waals surface area (Å²) >= 11 is 0. The van der Waals surface area contributed by atoms with Crippen LogP contribution in [0.25, 0.3) is 0 Å². The van der Waals surface area contributed by atoms with E-state index < -0.39 is 0 Å². The first-order valence-electron chi connectivity index (χ1n) is 17.8. The van der Waals surface area contributed by atoms with Gasteiger partial charge in [0.25, 0.3) is 5.82 Å². The Balaban J connectivity index is 2.02. The van der Waals surface area contributed by atoms with Crippen molar-refractivity contribution in [3.63, 3.8) is 0 Å². The molecule has 2 heteroatoms. The third-order valence-corrected chi connectivity index (χ3v) is 8.54. The molecule has 0 aliphatic carbocycles. The fourth-order valence-corrected chi connectivity index (χ4v) is 6.12. The summed E-state index contributed by atoms with van der Waals surface area (Å²) in [5.74, 6) is 2.15. The molecule has 0 fully saturated rings. The highest BCUT2D eigenvalue weighted by Gasteiger charge is 2.20. The SMILES string of the molecule is CCCCCCCCCCCCCCCCCCn1cc[n+](CCCCCCCCCCCC)c1C(C)C. The molecule has 0 atom stereocenters. The molecule has 0 amide bonds. The lowest BCUT2D eigenvalue weighted by Gasteiger charge is -2.08. The molecule has 1 aromatic rings. The van der Waals surface area contributed by atoms with Crippen molar-refractivity contribution >= 4 is 0 Å². The van der Waals surface area contributed by atoms with Gasteiger partial charge in [-0.1, -0.05) is 169 Å². The van der Waals surface area contributed by atoms with Crippen molar-refractivity contribution in [3.05, 3.63) is 18.2 Å². The Morgan fingerprint density at radius 2 is 0.842 bits per heavy atom. The van der Waals surface area contributed by atoms with Crippen LogP contribution < -0.4 is 4.57 Å². The Kier molecular flexibility index (Phi) is 24.5. The number of hydrogen-bond donors (Lipinski definition) is 0. The van der Waals surface area contributed by atoms with Crippen LogP contribution in [-0.2, 0) is 13.1 Å². The molecule has 0 unspecified atom stereocenters. The molecular weight excluding hydrogens is 460 g/mol. The number of unbranched alkanes of at least 4 members (excludes halogenated alkanes) is 24. The first-order valence-corrected chi connectivity index (χ1v) is 17.8. The van der Waals surface area contributed by atoms with Crippen LogP contribution in [0.2, 0.25) is 0 Å². The fraction of sp³-hybridized carbons (Fsp3) is 0.917. The van der Waals surface area contributed by atoms with E-state index in [4.69, 9.17) is 0 Å². The summed E-state index contributed by atoms with van der Waals surface area (Å²) in [4.78, 5) is 0. The van der Waals surface area contributed by atoms with E-state index in [1.807, 2.05) is 0 Å². The van der Waals surface area contributed by atoms with Gasteiger partial charge in [0.2, 0.25) is 0 Å². The Hall–Kier alpha value is -0.790. The monoisotopic (exact) mass is 532 g/mol. The second-order valence-electron chi connectivity index (χ2n) is 12.7. The minimum absolute atomic E-state index is 0.606. The topological polar surface area (TPSA) is 8.81 Å². The van der Waals surface area contributed by atoms with Crippen LogP contribution >= 0.6 is 0 Å². The molecular formula is C36H71N2+. The summed E-state index contributed by atoms with van der Waals surface area (Å²) in [7, 11) is 0. The quantitative estimate of drug-likeness (QED) is 0.0717. The van der Waals surface area contributed by atoms with E-state index in [1.54, 1.807) is 5.82 Å². The summed E-state index contributed by atoms with van der Waals surface area (Å²) in [6, 6.07) is 0. The summed E-state index contributed by atoms with van der Waals surface area (Å²) in [5, 5.41) is 0.